The number of aromatic nitrogens is 2. The second kappa shape index (κ2) is 8.96. The predicted octanol–water partition coefficient (Wildman–Crippen LogP) is 3.40. The summed E-state index contributed by atoms with van der Waals surface area (Å²) >= 11 is 0. The first-order valence-corrected chi connectivity index (χ1v) is 11.1. The fourth-order valence-corrected chi connectivity index (χ4v) is 4.91. The van der Waals surface area contributed by atoms with Crippen molar-refractivity contribution in [3.05, 3.63) is 42.3 Å². The Balaban J connectivity index is 1.19. The smallest absolute Gasteiger partial charge is 0.223 e. The molecule has 3 aliphatic rings. The van der Waals surface area contributed by atoms with Crippen LogP contribution in [0.4, 0.5) is 10.3 Å². The number of halogens is 1. The number of hydrogen-bond acceptors (Lipinski definition) is 6. The van der Waals surface area contributed by atoms with Gasteiger partial charge in [-0.1, -0.05) is 31.4 Å². The lowest BCUT2D eigenvalue weighted by Crippen LogP contribution is -2.44. The molecule has 0 amide bonds. The number of rotatable bonds is 6. The van der Waals surface area contributed by atoms with Crippen LogP contribution in [0, 0.1) is 11.7 Å². The zero-order chi connectivity index (χ0) is 20.3. The Labute approximate surface area is 176 Å². The van der Waals surface area contributed by atoms with E-state index in [1.54, 1.807) is 18.3 Å². The van der Waals surface area contributed by atoms with E-state index >= 15 is 0 Å². The Morgan fingerprint density at radius 2 is 1.80 bits per heavy atom. The van der Waals surface area contributed by atoms with Crippen LogP contribution in [0.1, 0.15) is 32.1 Å². The topological polar surface area (TPSA) is 68.3 Å². The van der Waals surface area contributed by atoms with Gasteiger partial charge in [-0.3, -0.25) is 0 Å². The molecule has 30 heavy (non-hydrogen) atoms. The lowest BCUT2D eigenvalue weighted by atomic mass is 9.89. The molecule has 2 N–H and O–H groups in total. The summed E-state index contributed by atoms with van der Waals surface area (Å²) in [6, 6.07) is 8.45. The lowest BCUT2D eigenvalue weighted by Gasteiger charge is -2.25. The summed E-state index contributed by atoms with van der Waals surface area (Å²) in [4.78, 5) is 8.90. The Morgan fingerprint density at radius 3 is 2.63 bits per heavy atom. The summed E-state index contributed by atoms with van der Waals surface area (Å²) in [5.41, 5.74) is 1.41. The van der Waals surface area contributed by atoms with Crippen LogP contribution < -0.4 is 10.6 Å². The fraction of sp³-hybridized carbons (Fsp3) is 0.565. The van der Waals surface area contributed by atoms with Gasteiger partial charge in [-0.15, -0.1) is 0 Å². The van der Waals surface area contributed by atoms with Crippen molar-refractivity contribution in [2.45, 2.75) is 56.4 Å². The molecule has 1 aliphatic carbocycles. The highest BCUT2D eigenvalue weighted by Gasteiger charge is 2.47. The molecular formula is C23H29FN4O2. The van der Waals surface area contributed by atoms with E-state index < -0.39 is 0 Å². The second-order valence-corrected chi connectivity index (χ2v) is 8.64. The van der Waals surface area contributed by atoms with Gasteiger partial charge in [-0.25, -0.2) is 14.4 Å². The number of benzene rings is 1. The van der Waals surface area contributed by atoms with Crippen molar-refractivity contribution in [1.29, 1.82) is 0 Å². The van der Waals surface area contributed by atoms with Crippen LogP contribution in [-0.2, 0) is 9.47 Å². The van der Waals surface area contributed by atoms with E-state index in [-0.39, 0.29) is 30.1 Å². The molecule has 6 nitrogen and oxygen atoms in total. The van der Waals surface area contributed by atoms with Gasteiger partial charge in [0.1, 0.15) is 18.0 Å². The predicted molar refractivity (Wildman–Crippen MR) is 113 cm³/mol. The standard InChI is InChI=1S/C23H29FN4O2/c24-17-8-4-7-16(11-17)18-9-10-25-23(27-18)28-20-14-30-21-19(13-29-22(20)21)26-12-15-5-2-1-3-6-15/h4,7-11,15,19-22,26H,1-3,5-6,12-14H2,(H,25,27,28)/t19-,20+,21-,22+/m0/s1. The van der Waals surface area contributed by atoms with Gasteiger partial charge in [0.15, 0.2) is 0 Å². The molecule has 1 aromatic heterocycles. The molecule has 1 saturated carbocycles. The molecule has 2 saturated heterocycles. The molecule has 0 bridgehead atoms. The van der Waals surface area contributed by atoms with Gasteiger partial charge in [0.25, 0.3) is 0 Å². The Kier molecular flexibility index (Phi) is 5.93. The normalized spacial score (nSPS) is 29.1. The first-order valence-electron chi connectivity index (χ1n) is 11.1. The van der Waals surface area contributed by atoms with Crippen LogP contribution in [0.5, 0.6) is 0 Å². The lowest BCUT2D eigenvalue weighted by molar-refractivity contribution is 0.0671. The van der Waals surface area contributed by atoms with Crippen molar-refractivity contribution in [2.75, 3.05) is 25.1 Å². The largest absolute Gasteiger partial charge is 0.371 e. The minimum atomic E-state index is -0.279. The zero-order valence-corrected chi connectivity index (χ0v) is 17.1. The van der Waals surface area contributed by atoms with Crippen LogP contribution in [0.25, 0.3) is 11.3 Å². The molecule has 0 unspecified atom stereocenters. The molecule has 2 aliphatic heterocycles. The monoisotopic (exact) mass is 412 g/mol. The summed E-state index contributed by atoms with van der Waals surface area (Å²) in [6.07, 6.45) is 8.48. The summed E-state index contributed by atoms with van der Waals surface area (Å²) < 4.78 is 25.7. The highest BCUT2D eigenvalue weighted by Crippen LogP contribution is 2.30. The number of fused-ring (bicyclic) bond motifs is 1. The first kappa shape index (κ1) is 19.8. The van der Waals surface area contributed by atoms with Crippen molar-refractivity contribution in [3.63, 3.8) is 0 Å². The first-order chi connectivity index (χ1) is 14.8. The summed E-state index contributed by atoms with van der Waals surface area (Å²) in [5, 5.41) is 7.07. The van der Waals surface area contributed by atoms with E-state index in [2.05, 4.69) is 20.6 Å². The maximum atomic E-state index is 13.5. The van der Waals surface area contributed by atoms with Gasteiger partial charge in [0, 0.05) is 11.8 Å². The number of ether oxygens (including phenoxy) is 2. The van der Waals surface area contributed by atoms with Gasteiger partial charge in [0.05, 0.1) is 31.0 Å². The Hall–Kier alpha value is -2.09. The van der Waals surface area contributed by atoms with E-state index in [9.17, 15) is 4.39 Å². The third-order valence-corrected chi connectivity index (χ3v) is 6.54. The maximum absolute atomic E-state index is 13.5. The van der Waals surface area contributed by atoms with Crippen LogP contribution in [0.3, 0.4) is 0 Å². The summed E-state index contributed by atoms with van der Waals surface area (Å²) in [6.45, 7) is 2.28. The second-order valence-electron chi connectivity index (χ2n) is 8.64. The maximum Gasteiger partial charge on any atom is 0.223 e. The van der Waals surface area contributed by atoms with Crippen molar-refractivity contribution in [2.24, 2.45) is 5.92 Å². The molecular weight excluding hydrogens is 383 g/mol. The van der Waals surface area contributed by atoms with Crippen molar-refractivity contribution >= 4 is 5.95 Å². The molecule has 3 heterocycles. The van der Waals surface area contributed by atoms with Gasteiger partial charge in [0.2, 0.25) is 5.95 Å². The number of nitrogens with one attached hydrogen (secondary N) is 2. The van der Waals surface area contributed by atoms with Crippen LogP contribution in [-0.4, -0.2) is 54.0 Å². The van der Waals surface area contributed by atoms with Crippen molar-refractivity contribution in [3.8, 4) is 11.3 Å². The van der Waals surface area contributed by atoms with E-state index in [1.165, 1.54) is 44.2 Å². The Morgan fingerprint density at radius 1 is 1.00 bits per heavy atom. The molecule has 0 spiro atoms. The van der Waals surface area contributed by atoms with E-state index in [1.807, 2.05) is 6.07 Å². The van der Waals surface area contributed by atoms with Crippen molar-refractivity contribution < 1.29 is 13.9 Å². The molecule has 1 aromatic carbocycles. The van der Waals surface area contributed by atoms with Gasteiger partial charge in [-0.05, 0) is 43.5 Å². The average molecular weight is 413 g/mol. The molecule has 160 valence electrons. The van der Waals surface area contributed by atoms with Gasteiger partial charge >= 0.3 is 0 Å². The van der Waals surface area contributed by atoms with Crippen LogP contribution >= 0.6 is 0 Å². The molecule has 0 radical (unpaired) electrons. The van der Waals surface area contributed by atoms with E-state index in [0.717, 1.165) is 18.0 Å². The minimum Gasteiger partial charge on any atom is -0.371 e. The minimum absolute atomic E-state index is 0.000704. The number of hydrogen-bond donors (Lipinski definition) is 2. The van der Waals surface area contributed by atoms with E-state index in [0.29, 0.717) is 24.9 Å². The molecule has 4 atom stereocenters. The quantitative estimate of drug-likeness (QED) is 0.758. The van der Waals surface area contributed by atoms with E-state index in [4.69, 9.17) is 9.47 Å². The van der Waals surface area contributed by atoms with Gasteiger partial charge < -0.3 is 20.1 Å². The number of anilines is 1. The molecule has 7 heteroatoms. The third-order valence-electron chi connectivity index (χ3n) is 6.54. The Bertz CT molecular complexity index is 861. The summed E-state index contributed by atoms with van der Waals surface area (Å²) in [7, 11) is 0. The highest BCUT2D eigenvalue weighted by molar-refractivity contribution is 5.60. The number of nitrogens with zero attached hydrogens (tertiary/aromatic N) is 2. The fourth-order valence-electron chi connectivity index (χ4n) is 4.91. The summed E-state index contributed by atoms with van der Waals surface area (Å²) in [5.74, 6) is 1.01. The van der Waals surface area contributed by atoms with Gasteiger partial charge in [-0.2, -0.15) is 0 Å². The molecule has 2 aromatic rings. The average Bonchev–Trinajstić information content (AvgIpc) is 3.36. The molecule has 3 fully saturated rings. The highest BCUT2D eigenvalue weighted by atomic mass is 19.1. The SMILES string of the molecule is Fc1cccc(-c2ccnc(N[C@@H]3CO[C@@H]4[C@@H]3OC[C@@H]4NCC3CCCCC3)n2)c1. The van der Waals surface area contributed by atoms with Crippen molar-refractivity contribution in [1.82, 2.24) is 15.3 Å². The molecule has 5 rings (SSSR count). The zero-order valence-electron chi connectivity index (χ0n) is 17.1. The van der Waals surface area contributed by atoms with Crippen LogP contribution in [0.15, 0.2) is 36.5 Å². The van der Waals surface area contributed by atoms with Crippen LogP contribution in [0.2, 0.25) is 0 Å². The third kappa shape index (κ3) is 4.33.